The minimum atomic E-state index is -1.45. The first-order valence-corrected chi connectivity index (χ1v) is 5.18. The van der Waals surface area contributed by atoms with Gasteiger partial charge in [0.25, 0.3) is 0 Å². The van der Waals surface area contributed by atoms with Crippen molar-refractivity contribution >= 4 is 5.91 Å². The molecule has 4 heteroatoms. The number of nitrogens with one attached hydrogen (secondary N) is 3. The highest BCUT2D eigenvalue weighted by molar-refractivity contribution is 5.77. The van der Waals surface area contributed by atoms with Gasteiger partial charge in [-0.05, 0) is 20.0 Å². The minimum absolute atomic E-state index is 0.0282. The highest BCUT2D eigenvalue weighted by Crippen LogP contribution is 1.90. The van der Waals surface area contributed by atoms with Crippen molar-refractivity contribution < 1.29 is 7.54 Å². The van der Waals surface area contributed by atoms with Crippen LogP contribution in [0.4, 0.5) is 0 Å². The molecule has 0 fully saturated rings. The molecule has 0 aromatic carbocycles. The maximum absolute atomic E-state index is 11.3. The second-order valence-corrected chi connectivity index (χ2v) is 3.09. The first-order chi connectivity index (χ1) is 7.52. The van der Waals surface area contributed by atoms with Crippen molar-refractivity contribution in [3.8, 4) is 0 Å². The molecule has 0 bridgehead atoms. The zero-order valence-electron chi connectivity index (χ0n) is 11.2. The highest BCUT2D eigenvalue weighted by atomic mass is 16.1. The van der Waals surface area contributed by atoms with E-state index in [-0.39, 0.29) is 12.5 Å². The van der Waals surface area contributed by atoms with E-state index in [1.807, 2.05) is 14.0 Å². The molecule has 84 valence electrons. The van der Waals surface area contributed by atoms with Gasteiger partial charge in [0.15, 0.2) is 0 Å². The van der Waals surface area contributed by atoms with E-state index in [9.17, 15) is 4.79 Å². The summed E-state index contributed by atoms with van der Waals surface area (Å²) < 4.78 is 15.2. The first kappa shape index (κ1) is 9.93. The Morgan fingerprint density at radius 1 is 1.36 bits per heavy atom. The van der Waals surface area contributed by atoms with E-state index in [4.69, 9.17) is 2.74 Å². The number of hydrogen-bond acceptors (Lipinski definition) is 3. The highest BCUT2D eigenvalue weighted by Gasteiger charge is 1.97. The van der Waals surface area contributed by atoms with Gasteiger partial charge in [0, 0.05) is 15.8 Å². The SMILES string of the molecule is [2H]C([2H])(CCCC)NCC(=O)NCCNC. The molecule has 0 aromatic heterocycles. The third-order valence-corrected chi connectivity index (χ3v) is 1.73. The molecule has 0 aliphatic heterocycles. The van der Waals surface area contributed by atoms with Crippen LogP contribution in [-0.2, 0) is 4.79 Å². The number of carbonyl (C=O) groups excluding carboxylic acids is 1. The van der Waals surface area contributed by atoms with Crippen LogP contribution in [0.15, 0.2) is 0 Å². The fraction of sp³-hybridized carbons (Fsp3) is 0.900. The monoisotopic (exact) mass is 203 g/mol. The van der Waals surface area contributed by atoms with Gasteiger partial charge in [0.1, 0.15) is 0 Å². The standard InChI is InChI=1S/C10H23N3O/c1-3-4-5-6-12-9-10(14)13-8-7-11-2/h11-12H,3-9H2,1-2H3,(H,13,14)/i6D2. The predicted molar refractivity (Wildman–Crippen MR) is 59.3 cm³/mol. The molecule has 0 aliphatic rings. The summed E-state index contributed by atoms with van der Waals surface area (Å²) in [5.74, 6) is -0.171. The van der Waals surface area contributed by atoms with Gasteiger partial charge in [-0.15, -0.1) is 0 Å². The summed E-state index contributed by atoms with van der Waals surface area (Å²) in [4.78, 5) is 11.3. The molecule has 14 heavy (non-hydrogen) atoms. The summed E-state index contributed by atoms with van der Waals surface area (Å²) in [7, 11) is 1.81. The van der Waals surface area contributed by atoms with E-state index < -0.39 is 6.50 Å². The number of likely N-dealkylation sites (N-methyl/N-ethyl adjacent to an activating group) is 1. The lowest BCUT2D eigenvalue weighted by molar-refractivity contribution is -0.120. The number of rotatable bonds is 9. The third-order valence-electron chi connectivity index (χ3n) is 1.73. The van der Waals surface area contributed by atoms with E-state index in [1.165, 1.54) is 0 Å². The topological polar surface area (TPSA) is 53.2 Å². The molecule has 4 nitrogen and oxygen atoms in total. The molecule has 0 saturated carbocycles. The normalized spacial score (nSPS) is 13.3. The van der Waals surface area contributed by atoms with E-state index in [0.29, 0.717) is 19.5 Å². The zero-order chi connectivity index (χ0) is 12.4. The molecular formula is C10H23N3O. The van der Waals surface area contributed by atoms with Crippen LogP contribution in [0.25, 0.3) is 0 Å². The van der Waals surface area contributed by atoms with Crippen molar-refractivity contribution in [2.45, 2.75) is 26.2 Å². The Morgan fingerprint density at radius 2 is 2.14 bits per heavy atom. The van der Waals surface area contributed by atoms with Gasteiger partial charge in [-0.2, -0.15) is 0 Å². The summed E-state index contributed by atoms with van der Waals surface area (Å²) in [6.07, 6.45) is 2.21. The Bertz CT molecular complexity index is 201. The number of carbonyl (C=O) groups is 1. The Balaban J connectivity index is 3.64. The quantitative estimate of drug-likeness (QED) is 0.466. The second-order valence-electron chi connectivity index (χ2n) is 3.09. The first-order valence-electron chi connectivity index (χ1n) is 6.18. The molecule has 0 aromatic rings. The van der Waals surface area contributed by atoms with Gasteiger partial charge in [-0.1, -0.05) is 19.8 Å². The van der Waals surface area contributed by atoms with Gasteiger partial charge >= 0.3 is 0 Å². The predicted octanol–water partition coefficient (Wildman–Crippen LogP) is 0.102. The largest absolute Gasteiger partial charge is 0.354 e. The van der Waals surface area contributed by atoms with Crippen LogP contribution in [0.3, 0.4) is 0 Å². The Labute approximate surface area is 89.6 Å². The molecule has 3 N–H and O–H groups in total. The maximum atomic E-state index is 11.3. The molecule has 0 heterocycles. The number of amides is 1. The average Bonchev–Trinajstić information content (AvgIpc) is 2.24. The van der Waals surface area contributed by atoms with Crippen molar-refractivity contribution in [3.63, 3.8) is 0 Å². The van der Waals surface area contributed by atoms with Crippen molar-refractivity contribution in [2.75, 3.05) is 33.2 Å². The van der Waals surface area contributed by atoms with Crippen LogP contribution in [0, 0.1) is 0 Å². The third kappa shape index (κ3) is 9.48. The summed E-state index contributed by atoms with van der Waals surface area (Å²) in [5, 5.41) is 8.22. The molecule has 0 saturated heterocycles. The van der Waals surface area contributed by atoms with Crippen LogP contribution >= 0.6 is 0 Å². The van der Waals surface area contributed by atoms with Crippen molar-refractivity contribution in [2.24, 2.45) is 0 Å². The summed E-state index contributed by atoms with van der Waals surface area (Å²) in [6, 6.07) is 0. The van der Waals surface area contributed by atoms with Crippen LogP contribution in [-0.4, -0.2) is 39.1 Å². The fourth-order valence-corrected chi connectivity index (χ4v) is 0.886. The summed E-state index contributed by atoms with van der Waals surface area (Å²) in [5.41, 5.74) is 0. The van der Waals surface area contributed by atoms with Crippen LogP contribution < -0.4 is 16.0 Å². The molecule has 0 radical (unpaired) electrons. The van der Waals surface area contributed by atoms with Crippen molar-refractivity contribution in [1.82, 2.24) is 16.0 Å². The smallest absolute Gasteiger partial charge is 0.234 e. The van der Waals surface area contributed by atoms with Gasteiger partial charge in [-0.25, -0.2) is 0 Å². The summed E-state index contributed by atoms with van der Waals surface area (Å²) in [6.45, 7) is 1.88. The minimum Gasteiger partial charge on any atom is -0.354 e. The molecule has 0 spiro atoms. The van der Waals surface area contributed by atoms with E-state index in [2.05, 4.69) is 16.0 Å². The van der Waals surface area contributed by atoms with E-state index in [0.717, 1.165) is 12.8 Å². The van der Waals surface area contributed by atoms with Gasteiger partial charge in [-0.3, -0.25) is 4.79 Å². The molecular weight excluding hydrogens is 178 g/mol. The molecule has 0 rings (SSSR count). The van der Waals surface area contributed by atoms with Crippen LogP contribution in [0.2, 0.25) is 0 Å². The van der Waals surface area contributed by atoms with Crippen molar-refractivity contribution in [1.29, 1.82) is 0 Å². The van der Waals surface area contributed by atoms with E-state index in [1.54, 1.807) is 0 Å². The lowest BCUT2D eigenvalue weighted by Crippen LogP contribution is -2.37. The maximum Gasteiger partial charge on any atom is 0.234 e. The van der Waals surface area contributed by atoms with Gasteiger partial charge in [0.2, 0.25) is 5.91 Å². The average molecular weight is 203 g/mol. The molecule has 0 atom stereocenters. The van der Waals surface area contributed by atoms with Crippen LogP contribution in [0.1, 0.15) is 28.9 Å². The Morgan fingerprint density at radius 3 is 2.79 bits per heavy atom. The molecule has 1 amide bonds. The van der Waals surface area contributed by atoms with Gasteiger partial charge in [0.05, 0.1) is 6.54 Å². The molecule has 0 aliphatic carbocycles. The number of hydrogen-bond donors (Lipinski definition) is 3. The summed E-state index contributed by atoms with van der Waals surface area (Å²) >= 11 is 0. The van der Waals surface area contributed by atoms with E-state index >= 15 is 0 Å². The lowest BCUT2D eigenvalue weighted by Gasteiger charge is -2.05. The van der Waals surface area contributed by atoms with Gasteiger partial charge < -0.3 is 16.0 Å². The number of unbranched alkanes of at least 4 members (excludes halogenated alkanes) is 1. The van der Waals surface area contributed by atoms with Crippen molar-refractivity contribution in [3.05, 3.63) is 0 Å². The zero-order valence-corrected chi connectivity index (χ0v) is 9.15. The second kappa shape index (κ2) is 10.5. The fourth-order valence-electron chi connectivity index (χ4n) is 0.886. The van der Waals surface area contributed by atoms with Crippen LogP contribution in [0.5, 0.6) is 0 Å². The Kier molecular flexibility index (Phi) is 7.42. The molecule has 0 unspecified atom stereocenters. The lowest BCUT2D eigenvalue weighted by atomic mass is 10.2. The Hall–Kier alpha value is -0.610.